The van der Waals surface area contributed by atoms with E-state index in [-0.39, 0.29) is 5.56 Å². The molecule has 0 atom stereocenters. The Morgan fingerprint density at radius 3 is 2.70 bits per heavy atom. The monoisotopic (exact) mass is 328 g/mol. The predicted octanol–water partition coefficient (Wildman–Crippen LogP) is 3.18. The van der Waals surface area contributed by atoms with Crippen LogP contribution in [0.2, 0.25) is 0 Å². The Morgan fingerprint density at radius 2 is 2.00 bits per heavy atom. The maximum atomic E-state index is 12.2. The smallest absolute Gasteiger partial charge is 0.275 e. The lowest BCUT2D eigenvalue weighted by Gasteiger charge is -2.30. The third kappa shape index (κ3) is 3.12. The summed E-state index contributed by atoms with van der Waals surface area (Å²) in [6, 6.07) is 10.2. The zero-order valence-electron chi connectivity index (χ0n) is 13.8. The van der Waals surface area contributed by atoms with Gasteiger partial charge in [-0.25, -0.2) is 4.98 Å². The molecule has 0 aliphatic heterocycles. The molecule has 0 aliphatic carbocycles. The van der Waals surface area contributed by atoms with E-state index in [1.165, 1.54) is 27.1 Å². The van der Waals surface area contributed by atoms with E-state index >= 15 is 0 Å². The van der Waals surface area contributed by atoms with Crippen molar-refractivity contribution in [3.8, 4) is 0 Å². The molecular weight excluding hydrogens is 308 g/mol. The third-order valence-corrected chi connectivity index (χ3v) is 4.60. The molecule has 2 heterocycles. The lowest BCUT2D eigenvalue weighted by molar-refractivity contribution is 0.670. The molecule has 0 bridgehead atoms. The predicted molar refractivity (Wildman–Crippen MR) is 94.4 cm³/mol. The fourth-order valence-corrected chi connectivity index (χ4v) is 3.41. The molecule has 5 nitrogen and oxygen atoms in total. The van der Waals surface area contributed by atoms with Crippen molar-refractivity contribution < 1.29 is 0 Å². The second-order valence-electron chi connectivity index (χ2n) is 5.91. The number of aromatic nitrogens is 3. The van der Waals surface area contributed by atoms with Gasteiger partial charge >= 0.3 is 0 Å². The minimum absolute atomic E-state index is 0.122. The van der Waals surface area contributed by atoms with Crippen molar-refractivity contribution in [3.63, 3.8) is 0 Å². The molecule has 120 valence electrons. The SMILES string of the molecule is Cc1nn2c(=O)cc(CN(c3ccccc3C)C(C)C)nc2s1. The van der Waals surface area contributed by atoms with Crippen LogP contribution in [-0.2, 0) is 6.54 Å². The molecule has 3 rings (SSSR count). The number of fused-ring (bicyclic) bond motifs is 1. The summed E-state index contributed by atoms with van der Waals surface area (Å²) in [5, 5.41) is 5.03. The van der Waals surface area contributed by atoms with Gasteiger partial charge in [0.15, 0.2) is 0 Å². The summed E-state index contributed by atoms with van der Waals surface area (Å²) >= 11 is 1.44. The standard InChI is InChI=1S/C17H20N4OS/c1-11(2)20(15-8-6-5-7-12(15)3)10-14-9-16(22)21-17(18-14)23-13(4)19-21/h5-9,11H,10H2,1-4H3. The van der Waals surface area contributed by atoms with Gasteiger partial charge in [0.05, 0.1) is 12.2 Å². The minimum atomic E-state index is -0.122. The van der Waals surface area contributed by atoms with Crippen molar-refractivity contribution in [3.05, 3.63) is 57.0 Å². The molecule has 0 fully saturated rings. The van der Waals surface area contributed by atoms with Crippen molar-refractivity contribution in [2.45, 2.75) is 40.3 Å². The third-order valence-electron chi connectivity index (χ3n) is 3.78. The molecule has 0 spiro atoms. The molecule has 2 aromatic heterocycles. The summed E-state index contributed by atoms with van der Waals surface area (Å²) in [6.45, 7) is 8.88. The van der Waals surface area contributed by atoms with Crippen LogP contribution in [0, 0.1) is 13.8 Å². The minimum Gasteiger partial charge on any atom is -0.363 e. The summed E-state index contributed by atoms with van der Waals surface area (Å²) < 4.78 is 1.37. The number of anilines is 1. The maximum Gasteiger partial charge on any atom is 0.275 e. The van der Waals surface area contributed by atoms with Crippen molar-refractivity contribution >= 4 is 22.0 Å². The van der Waals surface area contributed by atoms with E-state index in [0.717, 1.165) is 10.7 Å². The second kappa shape index (κ2) is 6.12. The molecule has 0 saturated heterocycles. The van der Waals surface area contributed by atoms with Gasteiger partial charge in [-0.05, 0) is 39.3 Å². The fraction of sp³-hybridized carbons (Fsp3) is 0.353. The van der Waals surface area contributed by atoms with E-state index in [0.29, 0.717) is 17.5 Å². The highest BCUT2D eigenvalue weighted by molar-refractivity contribution is 7.16. The van der Waals surface area contributed by atoms with Crippen LogP contribution < -0.4 is 10.5 Å². The molecule has 0 unspecified atom stereocenters. The summed E-state index contributed by atoms with van der Waals surface area (Å²) in [5.74, 6) is 0. The van der Waals surface area contributed by atoms with E-state index in [1.54, 1.807) is 6.07 Å². The highest BCUT2D eigenvalue weighted by atomic mass is 32.1. The van der Waals surface area contributed by atoms with Crippen LogP contribution in [0.5, 0.6) is 0 Å². The molecule has 3 aromatic rings. The van der Waals surface area contributed by atoms with E-state index in [1.807, 2.05) is 19.1 Å². The van der Waals surface area contributed by atoms with Crippen molar-refractivity contribution in [2.75, 3.05) is 4.90 Å². The van der Waals surface area contributed by atoms with Crippen molar-refractivity contribution in [1.82, 2.24) is 14.6 Å². The number of benzene rings is 1. The van der Waals surface area contributed by atoms with Gasteiger partial charge in [-0.15, -0.1) is 0 Å². The van der Waals surface area contributed by atoms with E-state index in [9.17, 15) is 4.79 Å². The summed E-state index contributed by atoms with van der Waals surface area (Å²) in [6.07, 6.45) is 0. The Balaban J connectivity index is 2.01. The van der Waals surface area contributed by atoms with E-state index in [4.69, 9.17) is 0 Å². The highest BCUT2D eigenvalue weighted by Crippen LogP contribution is 2.23. The average Bonchev–Trinajstić information content (AvgIpc) is 2.86. The quantitative estimate of drug-likeness (QED) is 0.738. The van der Waals surface area contributed by atoms with Gasteiger partial charge in [0.2, 0.25) is 4.96 Å². The van der Waals surface area contributed by atoms with Gasteiger partial charge in [0, 0.05) is 17.8 Å². The molecule has 23 heavy (non-hydrogen) atoms. The molecule has 0 N–H and O–H groups in total. The first kappa shape index (κ1) is 15.7. The Kier molecular flexibility index (Phi) is 4.17. The lowest BCUT2D eigenvalue weighted by atomic mass is 10.1. The number of nitrogens with zero attached hydrogens (tertiary/aromatic N) is 4. The van der Waals surface area contributed by atoms with Crippen molar-refractivity contribution in [1.29, 1.82) is 0 Å². The Labute approximate surface area is 139 Å². The van der Waals surface area contributed by atoms with Gasteiger partial charge in [0.1, 0.15) is 5.01 Å². The first-order valence-corrected chi connectivity index (χ1v) is 8.46. The second-order valence-corrected chi connectivity index (χ2v) is 7.07. The van der Waals surface area contributed by atoms with E-state index < -0.39 is 0 Å². The number of hydrogen-bond acceptors (Lipinski definition) is 5. The van der Waals surface area contributed by atoms with Gasteiger partial charge in [-0.1, -0.05) is 29.5 Å². The molecule has 0 saturated carbocycles. The molecule has 1 aromatic carbocycles. The lowest BCUT2D eigenvalue weighted by Crippen LogP contribution is -2.32. The molecule has 0 amide bonds. The maximum absolute atomic E-state index is 12.2. The van der Waals surface area contributed by atoms with Crippen LogP contribution in [0.4, 0.5) is 5.69 Å². The van der Waals surface area contributed by atoms with Crippen LogP contribution in [0.3, 0.4) is 0 Å². The topological polar surface area (TPSA) is 50.5 Å². The first-order valence-electron chi connectivity index (χ1n) is 7.64. The number of hydrogen-bond donors (Lipinski definition) is 0. The Morgan fingerprint density at radius 1 is 1.26 bits per heavy atom. The summed E-state index contributed by atoms with van der Waals surface area (Å²) in [7, 11) is 0. The number of para-hydroxylation sites is 1. The summed E-state index contributed by atoms with van der Waals surface area (Å²) in [5.41, 5.74) is 3.04. The molecule has 0 aliphatic rings. The van der Waals surface area contributed by atoms with Crippen LogP contribution >= 0.6 is 11.3 Å². The molecule has 6 heteroatoms. The van der Waals surface area contributed by atoms with Gasteiger partial charge < -0.3 is 4.90 Å². The molecule has 0 radical (unpaired) electrons. The van der Waals surface area contributed by atoms with Crippen LogP contribution in [0.25, 0.3) is 4.96 Å². The van der Waals surface area contributed by atoms with E-state index in [2.05, 4.69) is 47.9 Å². The van der Waals surface area contributed by atoms with Gasteiger partial charge in [0.25, 0.3) is 5.56 Å². The Hall–Kier alpha value is -2.21. The normalized spacial score (nSPS) is 11.3. The van der Waals surface area contributed by atoms with Crippen LogP contribution in [-0.4, -0.2) is 20.6 Å². The zero-order valence-corrected chi connectivity index (χ0v) is 14.6. The van der Waals surface area contributed by atoms with Crippen LogP contribution in [0.1, 0.15) is 30.1 Å². The first-order chi connectivity index (χ1) is 11.0. The molecular formula is C17H20N4OS. The highest BCUT2D eigenvalue weighted by Gasteiger charge is 2.15. The van der Waals surface area contributed by atoms with Crippen molar-refractivity contribution in [2.24, 2.45) is 0 Å². The Bertz CT molecular complexity index is 897. The van der Waals surface area contributed by atoms with Gasteiger partial charge in [-0.2, -0.15) is 9.61 Å². The van der Waals surface area contributed by atoms with Crippen LogP contribution in [0.15, 0.2) is 35.1 Å². The largest absolute Gasteiger partial charge is 0.363 e. The number of rotatable bonds is 4. The zero-order chi connectivity index (χ0) is 16.6. The summed E-state index contributed by atoms with van der Waals surface area (Å²) in [4.78, 5) is 19.7. The number of aryl methyl sites for hydroxylation is 2. The fourth-order valence-electron chi connectivity index (χ4n) is 2.64. The van der Waals surface area contributed by atoms with Gasteiger partial charge in [-0.3, -0.25) is 4.79 Å². The average molecular weight is 328 g/mol.